The first-order chi connectivity index (χ1) is 9.83. The first kappa shape index (κ1) is 15.2. The fraction of sp³-hybridized carbons (Fsp3) is 0. The van der Waals surface area contributed by atoms with E-state index in [4.69, 9.17) is 16.9 Å². The van der Waals surface area contributed by atoms with E-state index in [1.807, 2.05) is 6.07 Å². The highest BCUT2D eigenvalue weighted by Crippen LogP contribution is 2.26. The number of nitrogens with one attached hydrogen (secondary N) is 1. The van der Waals surface area contributed by atoms with Crippen molar-refractivity contribution in [2.75, 3.05) is 4.72 Å². The highest BCUT2D eigenvalue weighted by molar-refractivity contribution is 7.92. The van der Waals surface area contributed by atoms with Gasteiger partial charge in [-0.25, -0.2) is 17.2 Å². The average molecular weight is 329 g/mol. The van der Waals surface area contributed by atoms with Crippen LogP contribution in [0.15, 0.2) is 41.3 Å². The van der Waals surface area contributed by atoms with Crippen LogP contribution in [0.5, 0.6) is 0 Å². The molecule has 0 aromatic heterocycles. The van der Waals surface area contributed by atoms with Gasteiger partial charge in [-0.15, -0.1) is 0 Å². The highest BCUT2D eigenvalue weighted by atomic mass is 35.5. The van der Waals surface area contributed by atoms with Gasteiger partial charge in [-0.2, -0.15) is 5.26 Å². The second kappa shape index (κ2) is 5.68. The molecule has 8 heteroatoms. The summed E-state index contributed by atoms with van der Waals surface area (Å²) in [7, 11) is -4.26. The zero-order chi connectivity index (χ0) is 15.6. The number of anilines is 1. The normalized spacial score (nSPS) is 11.0. The Morgan fingerprint density at radius 1 is 1.14 bits per heavy atom. The Morgan fingerprint density at radius 2 is 1.86 bits per heavy atom. The van der Waals surface area contributed by atoms with E-state index in [2.05, 4.69) is 4.72 Å². The zero-order valence-corrected chi connectivity index (χ0v) is 11.8. The minimum atomic E-state index is -4.26. The lowest BCUT2D eigenvalue weighted by Gasteiger charge is -2.10. The topological polar surface area (TPSA) is 70.0 Å². The summed E-state index contributed by atoms with van der Waals surface area (Å²) in [6.45, 7) is 0. The van der Waals surface area contributed by atoms with Crippen molar-refractivity contribution in [3.8, 4) is 6.07 Å². The maximum atomic E-state index is 13.5. The molecular weight excluding hydrogens is 322 g/mol. The smallest absolute Gasteiger partial charge is 0.264 e. The maximum absolute atomic E-state index is 13.5. The molecule has 0 aliphatic rings. The fourth-order valence-corrected chi connectivity index (χ4v) is 2.98. The lowest BCUT2D eigenvalue weighted by Crippen LogP contribution is -2.15. The van der Waals surface area contributed by atoms with Crippen molar-refractivity contribution < 1.29 is 17.2 Å². The van der Waals surface area contributed by atoms with Gasteiger partial charge in [0, 0.05) is 6.07 Å². The summed E-state index contributed by atoms with van der Waals surface area (Å²) in [5, 5.41) is 8.68. The number of hydrogen-bond acceptors (Lipinski definition) is 3. The first-order valence-electron chi connectivity index (χ1n) is 5.51. The van der Waals surface area contributed by atoms with Crippen LogP contribution in [0.25, 0.3) is 0 Å². The molecule has 108 valence electrons. The zero-order valence-electron chi connectivity index (χ0n) is 10.3. The summed E-state index contributed by atoms with van der Waals surface area (Å²) in [6.07, 6.45) is 0. The third kappa shape index (κ3) is 3.29. The second-order valence-corrected chi connectivity index (χ2v) is 6.04. The predicted molar refractivity (Wildman–Crippen MR) is 73.3 cm³/mol. The van der Waals surface area contributed by atoms with Gasteiger partial charge in [-0.05, 0) is 30.3 Å². The number of nitriles is 1. The van der Waals surface area contributed by atoms with Crippen LogP contribution in [0, 0.1) is 23.0 Å². The molecule has 0 unspecified atom stereocenters. The van der Waals surface area contributed by atoms with Gasteiger partial charge in [0.15, 0.2) is 0 Å². The van der Waals surface area contributed by atoms with Crippen LogP contribution in [-0.2, 0) is 10.0 Å². The monoisotopic (exact) mass is 328 g/mol. The van der Waals surface area contributed by atoms with Crippen molar-refractivity contribution in [3.63, 3.8) is 0 Å². The van der Waals surface area contributed by atoms with Gasteiger partial charge in [0.25, 0.3) is 10.0 Å². The molecule has 0 spiro atoms. The summed E-state index contributed by atoms with van der Waals surface area (Å²) >= 11 is 5.83. The molecule has 4 nitrogen and oxygen atoms in total. The van der Waals surface area contributed by atoms with Crippen LogP contribution in [0.2, 0.25) is 5.02 Å². The molecule has 0 aliphatic heterocycles. The van der Waals surface area contributed by atoms with Crippen molar-refractivity contribution in [1.29, 1.82) is 5.26 Å². The van der Waals surface area contributed by atoms with Gasteiger partial charge in [0.1, 0.15) is 16.5 Å². The SMILES string of the molecule is N#Cc1ccc(NS(=O)(=O)c2ccc(F)cc2F)c(Cl)c1. The van der Waals surface area contributed by atoms with E-state index < -0.39 is 26.6 Å². The number of sulfonamides is 1. The Balaban J connectivity index is 2.40. The molecule has 0 saturated carbocycles. The van der Waals surface area contributed by atoms with Gasteiger partial charge in [0.2, 0.25) is 0 Å². The summed E-state index contributed by atoms with van der Waals surface area (Å²) in [6, 6.07) is 7.84. The number of rotatable bonds is 3. The minimum absolute atomic E-state index is 0.0138. The summed E-state index contributed by atoms with van der Waals surface area (Å²) in [4.78, 5) is -0.704. The number of benzene rings is 2. The Morgan fingerprint density at radius 3 is 2.43 bits per heavy atom. The quantitative estimate of drug-likeness (QED) is 0.939. The van der Waals surface area contributed by atoms with E-state index in [0.29, 0.717) is 6.07 Å². The summed E-state index contributed by atoms with van der Waals surface area (Å²) < 4.78 is 52.5. The summed E-state index contributed by atoms with van der Waals surface area (Å²) in [5.74, 6) is -2.10. The third-order valence-electron chi connectivity index (χ3n) is 2.53. The standard InChI is InChI=1S/C13H7ClF2N2O2S/c14-10-5-8(7-17)1-3-12(10)18-21(19,20)13-4-2-9(15)6-11(13)16/h1-6,18H. The van der Waals surface area contributed by atoms with Crippen molar-refractivity contribution in [3.05, 3.63) is 58.6 Å². The van der Waals surface area contributed by atoms with Gasteiger partial charge < -0.3 is 0 Å². The Bertz CT molecular complexity index is 848. The van der Waals surface area contributed by atoms with Crippen LogP contribution in [-0.4, -0.2) is 8.42 Å². The van der Waals surface area contributed by atoms with E-state index in [1.165, 1.54) is 18.2 Å². The molecule has 1 N–H and O–H groups in total. The minimum Gasteiger partial charge on any atom is -0.278 e. The van der Waals surface area contributed by atoms with Crippen molar-refractivity contribution in [1.82, 2.24) is 0 Å². The van der Waals surface area contributed by atoms with Crippen LogP contribution in [0.3, 0.4) is 0 Å². The van der Waals surface area contributed by atoms with E-state index in [0.717, 1.165) is 12.1 Å². The predicted octanol–water partition coefficient (Wildman–Crippen LogP) is 3.29. The molecule has 0 radical (unpaired) electrons. The van der Waals surface area contributed by atoms with Crippen LogP contribution in [0.4, 0.5) is 14.5 Å². The Kier molecular flexibility index (Phi) is 4.11. The first-order valence-corrected chi connectivity index (χ1v) is 7.37. The van der Waals surface area contributed by atoms with Gasteiger partial charge in [0.05, 0.1) is 22.3 Å². The molecule has 0 bridgehead atoms. The van der Waals surface area contributed by atoms with Gasteiger partial charge in [-0.3, -0.25) is 4.72 Å². The number of hydrogen-bond donors (Lipinski definition) is 1. The molecule has 0 saturated heterocycles. The van der Waals surface area contributed by atoms with Crippen LogP contribution >= 0.6 is 11.6 Å². The van der Waals surface area contributed by atoms with Crippen molar-refractivity contribution in [2.45, 2.75) is 4.90 Å². The lowest BCUT2D eigenvalue weighted by molar-refractivity contribution is 0.551. The molecule has 0 fully saturated rings. The Labute approximate surface area is 124 Å². The third-order valence-corrected chi connectivity index (χ3v) is 4.24. The molecule has 0 heterocycles. The second-order valence-electron chi connectivity index (χ2n) is 3.99. The van der Waals surface area contributed by atoms with Gasteiger partial charge >= 0.3 is 0 Å². The van der Waals surface area contributed by atoms with Gasteiger partial charge in [-0.1, -0.05) is 11.6 Å². The number of halogens is 3. The molecule has 0 aliphatic carbocycles. The van der Waals surface area contributed by atoms with Crippen molar-refractivity contribution in [2.24, 2.45) is 0 Å². The Hall–Kier alpha value is -2.17. The molecule has 0 amide bonds. The molecule has 21 heavy (non-hydrogen) atoms. The molecule has 2 aromatic rings. The molecular formula is C13H7ClF2N2O2S. The summed E-state index contributed by atoms with van der Waals surface area (Å²) in [5.41, 5.74) is 0.232. The van der Waals surface area contributed by atoms with E-state index in [-0.39, 0.29) is 16.3 Å². The van der Waals surface area contributed by atoms with Crippen LogP contribution in [0.1, 0.15) is 5.56 Å². The van der Waals surface area contributed by atoms with E-state index >= 15 is 0 Å². The largest absolute Gasteiger partial charge is 0.278 e. The van der Waals surface area contributed by atoms with E-state index in [1.54, 1.807) is 0 Å². The molecule has 2 rings (SSSR count). The fourth-order valence-electron chi connectivity index (χ4n) is 1.56. The van der Waals surface area contributed by atoms with E-state index in [9.17, 15) is 17.2 Å². The molecule has 2 aromatic carbocycles. The van der Waals surface area contributed by atoms with Crippen molar-refractivity contribution >= 4 is 27.3 Å². The van der Waals surface area contributed by atoms with Crippen LogP contribution < -0.4 is 4.72 Å². The highest BCUT2D eigenvalue weighted by Gasteiger charge is 2.20. The average Bonchev–Trinajstić information content (AvgIpc) is 2.40. The maximum Gasteiger partial charge on any atom is 0.264 e. The molecule has 0 atom stereocenters. The number of nitrogens with zero attached hydrogens (tertiary/aromatic N) is 1. The lowest BCUT2D eigenvalue weighted by atomic mass is 10.2.